The first-order valence-electron chi connectivity index (χ1n) is 5.77. The summed E-state index contributed by atoms with van der Waals surface area (Å²) in [6, 6.07) is 4.55. The number of fused-ring (bicyclic) bond motifs is 1. The predicted octanol–water partition coefficient (Wildman–Crippen LogP) is 5.01. The van der Waals surface area contributed by atoms with E-state index in [0.717, 1.165) is 0 Å². The highest BCUT2D eigenvalue weighted by Crippen LogP contribution is 2.43. The van der Waals surface area contributed by atoms with Crippen molar-refractivity contribution in [3.63, 3.8) is 0 Å². The molecule has 0 spiro atoms. The van der Waals surface area contributed by atoms with E-state index in [1.165, 1.54) is 18.2 Å². The number of rotatable bonds is 2. The van der Waals surface area contributed by atoms with E-state index in [9.17, 15) is 13.2 Å². The summed E-state index contributed by atoms with van der Waals surface area (Å²) < 4.78 is 44.2. The van der Waals surface area contributed by atoms with Crippen LogP contribution in [0.15, 0.2) is 36.4 Å². The van der Waals surface area contributed by atoms with Gasteiger partial charge in [0.1, 0.15) is 5.75 Å². The Kier molecular flexibility index (Phi) is 3.63. The third kappa shape index (κ3) is 2.50. The molecule has 1 nitrogen and oxygen atoms in total. The molecular weight excluding hydrogens is 277 g/mol. The van der Waals surface area contributed by atoms with E-state index in [1.807, 2.05) is 0 Å². The van der Waals surface area contributed by atoms with E-state index in [4.69, 9.17) is 16.3 Å². The van der Waals surface area contributed by atoms with Crippen LogP contribution in [-0.2, 0) is 0 Å². The Morgan fingerprint density at radius 1 is 1.42 bits per heavy atom. The molecule has 0 saturated heterocycles. The molecule has 19 heavy (non-hydrogen) atoms. The van der Waals surface area contributed by atoms with Gasteiger partial charge in [0, 0.05) is 10.6 Å². The second kappa shape index (κ2) is 4.93. The van der Waals surface area contributed by atoms with Crippen LogP contribution in [0.1, 0.15) is 18.9 Å². The van der Waals surface area contributed by atoms with Gasteiger partial charge in [0.15, 0.2) is 0 Å². The molecule has 0 aromatic heterocycles. The molecule has 0 radical (unpaired) electrons. The van der Waals surface area contributed by atoms with Gasteiger partial charge in [-0.05, 0) is 35.8 Å². The van der Waals surface area contributed by atoms with Gasteiger partial charge in [-0.15, -0.1) is 0 Å². The maximum atomic E-state index is 13.0. The molecule has 0 saturated carbocycles. The van der Waals surface area contributed by atoms with Crippen molar-refractivity contribution in [1.29, 1.82) is 0 Å². The predicted molar refractivity (Wildman–Crippen MR) is 69.3 cm³/mol. The molecule has 0 fully saturated rings. The lowest BCUT2D eigenvalue weighted by Gasteiger charge is -2.31. The molecule has 2 rings (SSSR count). The Bertz CT molecular complexity index is 546. The molecule has 0 bridgehead atoms. The summed E-state index contributed by atoms with van der Waals surface area (Å²) in [4.78, 5) is 0. The van der Waals surface area contributed by atoms with Crippen molar-refractivity contribution in [2.24, 2.45) is 0 Å². The first-order valence-corrected chi connectivity index (χ1v) is 6.15. The zero-order chi connectivity index (χ0) is 14.2. The molecule has 1 aromatic rings. The van der Waals surface area contributed by atoms with Crippen LogP contribution in [0.3, 0.4) is 0 Å². The third-order valence-corrected chi connectivity index (χ3v) is 3.26. The lowest BCUT2D eigenvalue weighted by atomic mass is 9.91. The molecule has 0 amide bonds. The van der Waals surface area contributed by atoms with Crippen LogP contribution in [0.2, 0.25) is 5.02 Å². The minimum Gasteiger partial charge on any atom is -0.476 e. The monoisotopic (exact) mass is 288 g/mol. The molecule has 0 aliphatic carbocycles. The van der Waals surface area contributed by atoms with Gasteiger partial charge in [-0.1, -0.05) is 31.2 Å². The highest BCUT2D eigenvalue weighted by atomic mass is 35.5. The molecule has 5 heteroatoms. The van der Waals surface area contributed by atoms with Crippen molar-refractivity contribution < 1.29 is 17.9 Å². The quantitative estimate of drug-likeness (QED) is 0.743. The van der Waals surface area contributed by atoms with E-state index in [0.29, 0.717) is 16.2 Å². The molecule has 1 atom stereocenters. The summed E-state index contributed by atoms with van der Waals surface area (Å²) in [5.74, 6) is 0.179. The fourth-order valence-corrected chi connectivity index (χ4v) is 2.38. The Labute approximate surface area is 114 Å². The Morgan fingerprint density at radius 2 is 2.11 bits per heavy atom. The van der Waals surface area contributed by atoms with E-state index in [2.05, 4.69) is 6.58 Å². The van der Waals surface area contributed by atoms with Gasteiger partial charge >= 0.3 is 6.18 Å². The second-order valence-electron chi connectivity index (χ2n) is 4.18. The topological polar surface area (TPSA) is 9.23 Å². The maximum absolute atomic E-state index is 13.0. The first-order chi connectivity index (χ1) is 8.88. The smallest absolute Gasteiger partial charge is 0.429 e. The summed E-state index contributed by atoms with van der Waals surface area (Å²) >= 11 is 5.88. The molecule has 102 valence electrons. The number of alkyl halides is 3. The van der Waals surface area contributed by atoms with E-state index in [1.54, 1.807) is 13.0 Å². The average molecular weight is 289 g/mol. The van der Waals surface area contributed by atoms with Crippen LogP contribution in [-0.4, -0.2) is 12.3 Å². The Balaban J connectivity index is 2.66. The number of benzene rings is 1. The molecule has 1 aliphatic heterocycles. The summed E-state index contributed by atoms with van der Waals surface area (Å²) in [5.41, 5.74) is 1.19. The van der Waals surface area contributed by atoms with E-state index < -0.39 is 12.3 Å². The van der Waals surface area contributed by atoms with Crippen molar-refractivity contribution in [2.45, 2.75) is 25.6 Å². The molecular formula is C14H12ClF3O. The highest BCUT2D eigenvalue weighted by Gasteiger charge is 2.46. The number of allylic oxidation sites excluding steroid dienone is 2. The Morgan fingerprint density at radius 3 is 2.63 bits per heavy atom. The molecule has 1 unspecified atom stereocenters. The Hall–Kier alpha value is -1.42. The fraction of sp³-hybridized carbons (Fsp3) is 0.286. The summed E-state index contributed by atoms with van der Waals surface area (Å²) in [6.07, 6.45) is -4.71. The SMILES string of the molecule is C=CC1=C(CC)C(C(F)(F)F)Oc2ccc(Cl)cc21. The van der Waals surface area contributed by atoms with Gasteiger partial charge < -0.3 is 4.74 Å². The third-order valence-electron chi connectivity index (χ3n) is 3.02. The van der Waals surface area contributed by atoms with E-state index >= 15 is 0 Å². The van der Waals surface area contributed by atoms with Gasteiger partial charge in [0.05, 0.1) is 0 Å². The van der Waals surface area contributed by atoms with Crippen LogP contribution in [0, 0.1) is 0 Å². The second-order valence-corrected chi connectivity index (χ2v) is 4.61. The summed E-state index contributed by atoms with van der Waals surface area (Å²) in [5, 5.41) is 0.447. The van der Waals surface area contributed by atoms with Crippen LogP contribution in [0.4, 0.5) is 13.2 Å². The highest BCUT2D eigenvalue weighted by molar-refractivity contribution is 6.30. The van der Waals surface area contributed by atoms with Gasteiger partial charge in [-0.3, -0.25) is 0 Å². The van der Waals surface area contributed by atoms with Crippen molar-refractivity contribution in [1.82, 2.24) is 0 Å². The number of hydrogen-bond donors (Lipinski definition) is 0. The normalized spacial score (nSPS) is 18.9. The van der Waals surface area contributed by atoms with Crippen molar-refractivity contribution >= 4 is 17.2 Å². The standard InChI is InChI=1S/C14H12ClF3O/c1-3-9-10(4-2)13(14(16,17)18)19-12-6-5-8(15)7-11(9)12/h3,5-7,13H,1,4H2,2H3. The molecule has 1 aliphatic rings. The first kappa shape index (κ1) is 14.0. The largest absolute Gasteiger partial charge is 0.476 e. The van der Waals surface area contributed by atoms with Gasteiger partial charge in [-0.25, -0.2) is 0 Å². The van der Waals surface area contributed by atoms with Gasteiger partial charge in [0.25, 0.3) is 0 Å². The van der Waals surface area contributed by atoms with Crippen LogP contribution >= 0.6 is 11.6 Å². The van der Waals surface area contributed by atoms with Gasteiger partial charge in [-0.2, -0.15) is 13.2 Å². The minimum absolute atomic E-state index is 0.178. The zero-order valence-electron chi connectivity index (χ0n) is 10.2. The molecule has 1 heterocycles. The van der Waals surface area contributed by atoms with Crippen LogP contribution < -0.4 is 4.74 Å². The van der Waals surface area contributed by atoms with Crippen molar-refractivity contribution in [3.05, 3.63) is 47.0 Å². The summed E-state index contributed by atoms with van der Waals surface area (Å²) in [6.45, 7) is 5.27. The van der Waals surface area contributed by atoms with Crippen molar-refractivity contribution in [3.8, 4) is 5.75 Å². The number of hydrogen-bond acceptors (Lipinski definition) is 1. The van der Waals surface area contributed by atoms with Crippen LogP contribution in [0.5, 0.6) is 5.75 Å². The van der Waals surface area contributed by atoms with Crippen LogP contribution in [0.25, 0.3) is 5.57 Å². The zero-order valence-corrected chi connectivity index (χ0v) is 11.0. The van der Waals surface area contributed by atoms with Gasteiger partial charge in [0.2, 0.25) is 6.10 Å². The van der Waals surface area contributed by atoms with Crippen molar-refractivity contribution in [2.75, 3.05) is 0 Å². The lowest BCUT2D eigenvalue weighted by Crippen LogP contribution is -2.38. The number of ether oxygens (including phenoxy) is 1. The minimum atomic E-state index is -4.45. The van der Waals surface area contributed by atoms with E-state index in [-0.39, 0.29) is 17.7 Å². The average Bonchev–Trinajstić information content (AvgIpc) is 2.35. The number of halogens is 4. The lowest BCUT2D eigenvalue weighted by molar-refractivity contribution is -0.184. The maximum Gasteiger partial charge on any atom is 0.429 e. The fourth-order valence-electron chi connectivity index (χ4n) is 2.21. The summed E-state index contributed by atoms with van der Waals surface area (Å²) in [7, 11) is 0. The molecule has 1 aromatic carbocycles. The molecule has 0 N–H and O–H groups in total.